The van der Waals surface area contributed by atoms with Crippen molar-refractivity contribution in [3.05, 3.63) is 176 Å². The Hall–Kier alpha value is -6.43. The first kappa shape index (κ1) is 30.6. The minimum absolute atomic E-state index is 0.656. The van der Waals surface area contributed by atoms with Gasteiger partial charge in [0.2, 0.25) is 0 Å². The van der Waals surface area contributed by atoms with Crippen molar-refractivity contribution in [1.82, 2.24) is 19.5 Å². The van der Waals surface area contributed by atoms with E-state index in [0.717, 1.165) is 22.4 Å². The molecule has 0 atom stereocenters. The summed E-state index contributed by atoms with van der Waals surface area (Å²) >= 11 is 1.81. The van der Waals surface area contributed by atoms with E-state index in [-0.39, 0.29) is 0 Å². The molecule has 4 nitrogen and oxygen atoms in total. The Bertz CT molecular complexity index is 2700. The average Bonchev–Trinajstić information content (AvgIpc) is 3.70. The van der Waals surface area contributed by atoms with Crippen molar-refractivity contribution in [3.8, 4) is 51.0 Å². The van der Waals surface area contributed by atoms with Gasteiger partial charge in [0.25, 0.3) is 0 Å². The van der Waals surface area contributed by atoms with Gasteiger partial charge >= 0.3 is 0 Å². The molecule has 0 fully saturated rings. The molecule has 51 heavy (non-hydrogen) atoms. The maximum atomic E-state index is 4.99. The third kappa shape index (κ3) is 5.54. The molecular formula is C46H32N4S. The van der Waals surface area contributed by atoms with Gasteiger partial charge in [0.15, 0.2) is 17.5 Å². The van der Waals surface area contributed by atoms with Crippen LogP contribution in [-0.4, -0.2) is 19.5 Å². The van der Waals surface area contributed by atoms with E-state index >= 15 is 0 Å². The summed E-state index contributed by atoms with van der Waals surface area (Å²) in [5.41, 5.74) is 9.96. The number of para-hydroxylation sites is 1. The maximum absolute atomic E-state index is 4.99. The van der Waals surface area contributed by atoms with Gasteiger partial charge in [-0.15, -0.1) is 11.3 Å². The minimum Gasteiger partial charge on any atom is -0.313 e. The van der Waals surface area contributed by atoms with Crippen LogP contribution in [0.1, 0.15) is 11.3 Å². The van der Waals surface area contributed by atoms with Gasteiger partial charge in [-0.2, -0.15) is 0 Å². The zero-order valence-corrected chi connectivity index (χ0v) is 28.8. The third-order valence-electron chi connectivity index (χ3n) is 9.43. The van der Waals surface area contributed by atoms with Gasteiger partial charge in [0.1, 0.15) is 0 Å². The van der Waals surface area contributed by atoms with E-state index in [9.17, 15) is 0 Å². The molecule has 0 aliphatic carbocycles. The molecule has 3 heterocycles. The predicted octanol–water partition coefficient (Wildman–Crippen LogP) is 12.4. The van der Waals surface area contributed by atoms with Crippen molar-refractivity contribution < 1.29 is 0 Å². The van der Waals surface area contributed by atoms with Crippen molar-refractivity contribution >= 4 is 48.5 Å². The second kappa shape index (κ2) is 12.8. The number of aromatic nitrogens is 4. The number of fused-ring (bicyclic) bond motifs is 4. The zero-order valence-electron chi connectivity index (χ0n) is 28.0. The summed E-state index contributed by atoms with van der Waals surface area (Å²) in [4.78, 5) is 14.9. The highest BCUT2D eigenvalue weighted by Crippen LogP contribution is 2.40. The Labute approximate surface area is 300 Å². The number of hydrogen-bond donors (Lipinski definition) is 0. The van der Waals surface area contributed by atoms with Crippen LogP contribution in [0.2, 0.25) is 0 Å². The Morgan fingerprint density at radius 2 is 1.02 bits per heavy atom. The van der Waals surface area contributed by atoms with Gasteiger partial charge < -0.3 is 4.57 Å². The highest BCUT2D eigenvalue weighted by Gasteiger charge is 2.17. The van der Waals surface area contributed by atoms with E-state index in [1.807, 2.05) is 84.2 Å². The Morgan fingerprint density at radius 1 is 0.529 bits per heavy atom. The van der Waals surface area contributed by atoms with E-state index in [4.69, 9.17) is 15.0 Å². The molecular weight excluding hydrogens is 641 g/mol. The summed E-state index contributed by atoms with van der Waals surface area (Å²) in [5.74, 6) is 1.97. The first-order valence-corrected chi connectivity index (χ1v) is 17.8. The van der Waals surface area contributed by atoms with E-state index in [2.05, 4.69) is 109 Å². The Balaban J connectivity index is 1.18. The first-order valence-electron chi connectivity index (χ1n) is 17.0. The topological polar surface area (TPSA) is 43.6 Å². The molecule has 0 aliphatic heterocycles. The minimum atomic E-state index is 0.656. The summed E-state index contributed by atoms with van der Waals surface area (Å²) in [6.07, 6.45) is 6.02. The Morgan fingerprint density at radius 3 is 1.61 bits per heavy atom. The van der Waals surface area contributed by atoms with Crippen molar-refractivity contribution in [2.24, 2.45) is 0 Å². The molecule has 0 amide bonds. The average molecular weight is 673 g/mol. The number of thiophene rings is 1. The second-order valence-electron chi connectivity index (χ2n) is 12.6. The standard InChI is InChI=1S/C46H32N4S/c1-3-4-20-37-30(2)50(36-18-12-7-13-19-36)41-24-21-33(27-38(37)41)34-22-25-42-39(28-34)40-29-35(23-26-43(40)51-42)46-48-44(31-14-8-5-9-15-31)47-45(49-46)32-16-10-6-11-17-32/h3-29H,1H2,2H3/b20-4-. The monoisotopic (exact) mass is 672 g/mol. The lowest BCUT2D eigenvalue weighted by Gasteiger charge is -2.09. The molecule has 0 bridgehead atoms. The van der Waals surface area contributed by atoms with Gasteiger partial charge in [-0.25, -0.2) is 15.0 Å². The van der Waals surface area contributed by atoms with Gasteiger partial charge in [-0.05, 0) is 72.6 Å². The Kier molecular flexibility index (Phi) is 7.68. The number of benzene rings is 6. The molecule has 6 aromatic carbocycles. The molecule has 9 aromatic rings. The van der Waals surface area contributed by atoms with Gasteiger partial charge in [-0.1, -0.05) is 116 Å². The van der Waals surface area contributed by atoms with Crippen LogP contribution in [0.4, 0.5) is 0 Å². The van der Waals surface area contributed by atoms with E-state index in [0.29, 0.717) is 17.5 Å². The van der Waals surface area contributed by atoms with Crippen LogP contribution < -0.4 is 0 Å². The number of nitrogens with zero attached hydrogens (tertiary/aromatic N) is 4. The summed E-state index contributed by atoms with van der Waals surface area (Å²) in [6, 6.07) is 51.0. The largest absolute Gasteiger partial charge is 0.313 e. The molecule has 0 spiro atoms. The van der Waals surface area contributed by atoms with Crippen molar-refractivity contribution in [3.63, 3.8) is 0 Å². The summed E-state index contributed by atoms with van der Waals surface area (Å²) in [6.45, 7) is 6.11. The summed E-state index contributed by atoms with van der Waals surface area (Å²) in [5, 5.41) is 3.63. The maximum Gasteiger partial charge on any atom is 0.164 e. The SMILES string of the molecule is C=C/C=C\c1c(C)n(-c2ccccc2)c2ccc(-c3ccc4sc5ccc(-c6nc(-c7ccccc7)nc(-c7ccccc7)n6)cc5c4c3)cc12. The van der Waals surface area contributed by atoms with Crippen LogP contribution in [0.3, 0.4) is 0 Å². The van der Waals surface area contributed by atoms with Gasteiger partial charge in [0, 0.05) is 59.2 Å². The van der Waals surface area contributed by atoms with Crippen molar-refractivity contribution in [2.45, 2.75) is 6.92 Å². The molecule has 242 valence electrons. The van der Waals surface area contributed by atoms with Crippen LogP contribution in [0.15, 0.2) is 164 Å². The molecule has 9 rings (SSSR count). The third-order valence-corrected chi connectivity index (χ3v) is 10.6. The van der Waals surface area contributed by atoms with Crippen LogP contribution in [0.25, 0.3) is 88.1 Å². The fourth-order valence-corrected chi connectivity index (χ4v) is 8.01. The molecule has 0 saturated carbocycles. The lowest BCUT2D eigenvalue weighted by molar-refractivity contribution is 1.05. The number of allylic oxidation sites excluding steroid dienone is 2. The number of rotatable bonds is 7. The highest BCUT2D eigenvalue weighted by molar-refractivity contribution is 7.25. The fraction of sp³-hybridized carbons (Fsp3) is 0.0217. The normalized spacial score (nSPS) is 11.6. The van der Waals surface area contributed by atoms with Crippen LogP contribution in [0.5, 0.6) is 0 Å². The van der Waals surface area contributed by atoms with Crippen LogP contribution >= 0.6 is 11.3 Å². The van der Waals surface area contributed by atoms with E-state index in [1.165, 1.54) is 53.5 Å². The summed E-state index contributed by atoms with van der Waals surface area (Å²) in [7, 11) is 0. The molecule has 0 aliphatic rings. The smallest absolute Gasteiger partial charge is 0.164 e. The van der Waals surface area contributed by atoms with Gasteiger partial charge in [0.05, 0.1) is 5.52 Å². The molecule has 5 heteroatoms. The molecule has 0 saturated heterocycles. The van der Waals surface area contributed by atoms with Crippen LogP contribution in [0, 0.1) is 6.92 Å². The van der Waals surface area contributed by atoms with E-state index < -0.39 is 0 Å². The van der Waals surface area contributed by atoms with E-state index in [1.54, 1.807) is 0 Å². The zero-order chi connectivity index (χ0) is 34.3. The first-order chi connectivity index (χ1) is 25.1. The van der Waals surface area contributed by atoms with Crippen molar-refractivity contribution in [1.29, 1.82) is 0 Å². The molecule has 0 N–H and O–H groups in total. The molecule has 0 radical (unpaired) electrons. The predicted molar refractivity (Wildman–Crippen MR) is 215 cm³/mol. The molecule has 0 unspecified atom stereocenters. The van der Waals surface area contributed by atoms with Crippen molar-refractivity contribution in [2.75, 3.05) is 0 Å². The van der Waals surface area contributed by atoms with Gasteiger partial charge in [-0.3, -0.25) is 0 Å². The molecule has 3 aromatic heterocycles. The second-order valence-corrected chi connectivity index (χ2v) is 13.6. The summed E-state index contributed by atoms with van der Waals surface area (Å²) < 4.78 is 4.82. The van der Waals surface area contributed by atoms with Crippen LogP contribution in [-0.2, 0) is 0 Å². The lowest BCUT2D eigenvalue weighted by atomic mass is 9.99. The lowest BCUT2D eigenvalue weighted by Crippen LogP contribution is -2.00. The number of hydrogen-bond acceptors (Lipinski definition) is 4. The highest BCUT2D eigenvalue weighted by atomic mass is 32.1. The fourth-order valence-electron chi connectivity index (χ4n) is 6.94. The quantitative estimate of drug-likeness (QED) is 0.158.